The molecular formula is C33H52O4. The summed E-state index contributed by atoms with van der Waals surface area (Å²) < 4.78 is 24.7. The van der Waals surface area contributed by atoms with Crippen molar-refractivity contribution in [1.29, 1.82) is 0 Å². The first-order valence-electron chi connectivity index (χ1n) is 13.6. The number of rotatable bonds is 10. The van der Waals surface area contributed by atoms with E-state index < -0.39 is 0 Å². The Morgan fingerprint density at radius 2 is 1.08 bits per heavy atom. The number of benzene rings is 2. The average Bonchev–Trinajstić information content (AvgIpc) is 2.76. The van der Waals surface area contributed by atoms with Crippen molar-refractivity contribution >= 4 is 0 Å². The van der Waals surface area contributed by atoms with Crippen molar-refractivity contribution in [1.82, 2.24) is 0 Å². The van der Waals surface area contributed by atoms with E-state index in [1.165, 1.54) is 5.56 Å². The van der Waals surface area contributed by atoms with Crippen LogP contribution in [0.25, 0.3) is 0 Å². The van der Waals surface area contributed by atoms with Crippen molar-refractivity contribution in [3.05, 3.63) is 58.7 Å². The smallest absolute Gasteiger partial charge is 0.131 e. The van der Waals surface area contributed by atoms with Crippen molar-refractivity contribution in [2.45, 2.75) is 94.3 Å². The van der Waals surface area contributed by atoms with E-state index in [0.717, 1.165) is 28.2 Å². The number of hydrogen-bond donors (Lipinski definition) is 0. The molecule has 0 heterocycles. The molecule has 0 aliphatic rings. The molecule has 0 N–H and O–H groups in total. The van der Waals surface area contributed by atoms with Gasteiger partial charge in [-0.1, -0.05) is 86.9 Å². The summed E-state index contributed by atoms with van der Waals surface area (Å²) >= 11 is 0. The molecule has 0 radical (unpaired) electrons. The molecule has 37 heavy (non-hydrogen) atoms. The lowest BCUT2D eigenvalue weighted by molar-refractivity contribution is 0.00570. The van der Waals surface area contributed by atoms with Crippen LogP contribution in [-0.4, -0.2) is 27.4 Å². The third kappa shape index (κ3) is 8.22. The number of aryl methyl sites for hydroxylation is 1. The molecule has 0 amide bonds. The fourth-order valence-electron chi connectivity index (χ4n) is 4.94. The lowest BCUT2D eigenvalue weighted by atomic mass is 9.78. The lowest BCUT2D eigenvalue weighted by Gasteiger charge is -2.35. The van der Waals surface area contributed by atoms with Gasteiger partial charge in [0.2, 0.25) is 0 Å². The highest BCUT2D eigenvalue weighted by molar-refractivity contribution is 5.48. The summed E-state index contributed by atoms with van der Waals surface area (Å²) in [6, 6.07) is 12.8. The summed E-state index contributed by atoms with van der Waals surface area (Å²) in [7, 11) is 3.54. The molecule has 0 saturated heterocycles. The first-order chi connectivity index (χ1) is 17.0. The van der Waals surface area contributed by atoms with Crippen LogP contribution in [0, 0.1) is 23.2 Å². The highest BCUT2D eigenvalue weighted by atomic mass is 16.5. The Kier molecular flexibility index (Phi) is 10.3. The van der Waals surface area contributed by atoms with Gasteiger partial charge in [-0.05, 0) is 58.9 Å². The number of hydrogen-bond acceptors (Lipinski definition) is 4. The van der Waals surface area contributed by atoms with Crippen molar-refractivity contribution in [2.24, 2.45) is 16.2 Å². The van der Waals surface area contributed by atoms with E-state index in [9.17, 15) is 0 Å². The Morgan fingerprint density at radius 3 is 1.46 bits per heavy atom. The zero-order chi connectivity index (χ0) is 28.2. The van der Waals surface area contributed by atoms with Gasteiger partial charge in [0.1, 0.15) is 24.7 Å². The maximum Gasteiger partial charge on any atom is 0.131 e. The Morgan fingerprint density at radius 1 is 0.649 bits per heavy atom. The Labute approximate surface area is 227 Å². The summed E-state index contributed by atoms with van der Waals surface area (Å²) in [5.41, 5.74) is 4.60. The van der Waals surface area contributed by atoms with Crippen LogP contribution < -0.4 is 9.47 Å². The van der Waals surface area contributed by atoms with Crippen molar-refractivity contribution in [3.8, 4) is 11.5 Å². The maximum absolute atomic E-state index is 6.52. The summed E-state index contributed by atoms with van der Waals surface area (Å²) in [5, 5.41) is 0. The van der Waals surface area contributed by atoms with Crippen LogP contribution in [0.15, 0.2) is 36.4 Å². The summed E-state index contributed by atoms with van der Waals surface area (Å²) in [6.07, 6.45) is -0.256. The molecular weight excluding hydrogens is 460 g/mol. The minimum atomic E-state index is -0.128. The highest BCUT2D eigenvalue weighted by Crippen LogP contribution is 2.47. The van der Waals surface area contributed by atoms with Gasteiger partial charge in [0, 0.05) is 25.3 Å². The van der Waals surface area contributed by atoms with Crippen LogP contribution in [0.4, 0.5) is 0 Å². The fraction of sp³-hybridized carbons (Fsp3) is 0.636. The normalized spacial score (nSPS) is 15.3. The van der Waals surface area contributed by atoms with Gasteiger partial charge in [-0.3, -0.25) is 0 Å². The van der Waals surface area contributed by atoms with Crippen LogP contribution >= 0.6 is 0 Å². The van der Waals surface area contributed by atoms with E-state index >= 15 is 0 Å². The molecule has 2 aromatic carbocycles. The molecule has 0 spiro atoms. The van der Waals surface area contributed by atoms with Crippen molar-refractivity contribution in [2.75, 3.05) is 27.4 Å². The predicted molar refractivity (Wildman–Crippen MR) is 155 cm³/mol. The molecule has 0 saturated carbocycles. The third-order valence-electron chi connectivity index (χ3n) is 7.18. The molecule has 3 atom stereocenters. The van der Waals surface area contributed by atoms with E-state index in [-0.39, 0.29) is 28.5 Å². The largest absolute Gasteiger partial charge is 0.490 e. The second-order valence-electron chi connectivity index (χ2n) is 13.6. The summed E-state index contributed by atoms with van der Waals surface area (Å²) in [6.45, 7) is 25.2. The Balaban J connectivity index is 2.31. The van der Waals surface area contributed by atoms with Crippen LogP contribution in [-0.2, 0) is 9.47 Å². The predicted octanol–water partition coefficient (Wildman–Crippen LogP) is 9.07. The molecule has 4 heteroatoms. The Hall–Kier alpha value is -2.04. The zero-order valence-corrected chi connectivity index (χ0v) is 25.7. The van der Waals surface area contributed by atoms with Gasteiger partial charge in [-0.25, -0.2) is 0 Å². The van der Waals surface area contributed by atoms with Crippen LogP contribution in [0.3, 0.4) is 0 Å². The second kappa shape index (κ2) is 12.2. The van der Waals surface area contributed by atoms with Gasteiger partial charge in [0.25, 0.3) is 0 Å². The monoisotopic (exact) mass is 512 g/mol. The van der Waals surface area contributed by atoms with Gasteiger partial charge < -0.3 is 18.9 Å². The molecule has 208 valence electrons. The molecule has 0 aromatic heterocycles. The van der Waals surface area contributed by atoms with Crippen molar-refractivity contribution < 1.29 is 18.9 Å². The lowest BCUT2D eigenvalue weighted by Crippen LogP contribution is -2.25. The molecule has 2 rings (SSSR count). The number of methoxy groups -OCH3 is 2. The molecule has 0 bridgehead atoms. The van der Waals surface area contributed by atoms with E-state index in [1.807, 2.05) is 0 Å². The van der Waals surface area contributed by atoms with Gasteiger partial charge in [-0.2, -0.15) is 0 Å². The van der Waals surface area contributed by atoms with E-state index in [0.29, 0.717) is 19.1 Å². The standard InChI is InChI=1S/C33H52O4/c1-22-20-26(29(34-12)32(6,7)8)28(27(21-22)30(35-13)33(9,10)11)37-19-18-36-25-16-14-24(15-17-25)23(2)31(3,4)5/h14-17,20-21,23,29-30H,18-19H2,1-13H3. The minimum absolute atomic E-state index is 0.106. The first-order valence-corrected chi connectivity index (χ1v) is 13.6. The SMILES string of the molecule is COC(c1cc(C)cc(C(OC)C(C)(C)C)c1OCCOc1ccc(C(C)C(C)(C)C)cc1)C(C)(C)C. The van der Waals surface area contributed by atoms with Gasteiger partial charge in [0.05, 0.1) is 12.2 Å². The molecule has 0 fully saturated rings. The zero-order valence-electron chi connectivity index (χ0n) is 25.7. The molecule has 2 aromatic rings. The van der Waals surface area contributed by atoms with Crippen LogP contribution in [0.2, 0.25) is 0 Å². The maximum atomic E-state index is 6.52. The number of ether oxygens (including phenoxy) is 4. The molecule has 4 nitrogen and oxygen atoms in total. The second-order valence-corrected chi connectivity index (χ2v) is 13.6. The Bertz CT molecular complexity index is 944. The fourth-order valence-corrected chi connectivity index (χ4v) is 4.94. The topological polar surface area (TPSA) is 36.9 Å². The summed E-state index contributed by atoms with van der Waals surface area (Å²) in [5.74, 6) is 2.16. The first kappa shape index (κ1) is 31.2. The molecule has 3 unspecified atom stereocenters. The van der Waals surface area contributed by atoms with E-state index in [2.05, 4.69) is 113 Å². The van der Waals surface area contributed by atoms with Crippen LogP contribution in [0.1, 0.15) is 110 Å². The highest BCUT2D eigenvalue weighted by Gasteiger charge is 2.35. The van der Waals surface area contributed by atoms with Gasteiger partial charge in [-0.15, -0.1) is 0 Å². The van der Waals surface area contributed by atoms with E-state index in [4.69, 9.17) is 18.9 Å². The molecule has 0 aliphatic carbocycles. The summed E-state index contributed by atoms with van der Waals surface area (Å²) in [4.78, 5) is 0. The quantitative estimate of drug-likeness (QED) is 0.298. The van der Waals surface area contributed by atoms with Crippen LogP contribution in [0.5, 0.6) is 11.5 Å². The third-order valence-corrected chi connectivity index (χ3v) is 7.18. The van der Waals surface area contributed by atoms with Gasteiger partial charge in [0.15, 0.2) is 0 Å². The average molecular weight is 513 g/mol. The van der Waals surface area contributed by atoms with E-state index in [1.54, 1.807) is 14.2 Å². The molecule has 0 aliphatic heterocycles. The van der Waals surface area contributed by atoms with Crippen molar-refractivity contribution in [3.63, 3.8) is 0 Å². The van der Waals surface area contributed by atoms with Gasteiger partial charge >= 0.3 is 0 Å². The minimum Gasteiger partial charge on any atom is -0.490 e.